The molecule has 0 aliphatic carbocycles. The molecule has 1 aromatic carbocycles. The SMILES string of the molecule is CCc1ccc(N)cc1S(=O)(=O)NC(C)CC(C)O. The van der Waals surface area contributed by atoms with Gasteiger partial charge in [-0.2, -0.15) is 0 Å². The summed E-state index contributed by atoms with van der Waals surface area (Å²) in [6, 6.07) is 4.55. The highest BCUT2D eigenvalue weighted by atomic mass is 32.2. The first-order valence-corrected chi connectivity index (χ1v) is 7.83. The first-order valence-electron chi connectivity index (χ1n) is 6.35. The van der Waals surface area contributed by atoms with E-state index < -0.39 is 16.1 Å². The Balaban J connectivity index is 3.03. The third-order valence-electron chi connectivity index (χ3n) is 2.81. The van der Waals surface area contributed by atoms with Crippen molar-refractivity contribution in [2.24, 2.45) is 0 Å². The molecule has 19 heavy (non-hydrogen) atoms. The summed E-state index contributed by atoms with van der Waals surface area (Å²) in [7, 11) is -3.61. The average Bonchev–Trinajstić information content (AvgIpc) is 2.26. The summed E-state index contributed by atoms with van der Waals surface area (Å²) in [6.07, 6.45) is 0.425. The molecule has 2 atom stereocenters. The van der Waals surface area contributed by atoms with Gasteiger partial charge in [0, 0.05) is 11.7 Å². The molecule has 0 aliphatic heterocycles. The van der Waals surface area contributed by atoms with Crippen LogP contribution in [0.3, 0.4) is 0 Å². The number of aliphatic hydroxyl groups excluding tert-OH is 1. The number of anilines is 1. The number of aliphatic hydroxyl groups is 1. The van der Waals surface area contributed by atoms with Crippen LogP contribution >= 0.6 is 0 Å². The van der Waals surface area contributed by atoms with E-state index in [1.165, 1.54) is 6.07 Å². The number of nitrogens with two attached hydrogens (primary N) is 1. The molecule has 0 saturated heterocycles. The molecule has 4 N–H and O–H groups in total. The topological polar surface area (TPSA) is 92.4 Å². The summed E-state index contributed by atoms with van der Waals surface area (Å²) in [5.41, 5.74) is 6.80. The molecule has 5 nitrogen and oxygen atoms in total. The third-order valence-corrected chi connectivity index (χ3v) is 4.48. The van der Waals surface area contributed by atoms with Crippen LogP contribution in [0.25, 0.3) is 0 Å². The van der Waals surface area contributed by atoms with Crippen LogP contribution in [0.15, 0.2) is 23.1 Å². The van der Waals surface area contributed by atoms with Crippen molar-refractivity contribution >= 4 is 15.7 Å². The maximum atomic E-state index is 12.3. The molecule has 2 unspecified atom stereocenters. The van der Waals surface area contributed by atoms with Crippen LogP contribution in [-0.4, -0.2) is 25.7 Å². The number of aryl methyl sites for hydroxylation is 1. The average molecular weight is 286 g/mol. The van der Waals surface area contributed by atoms with Crippen molar-refractivity contribution in [1.82, 2.24) is 4.72 Å². The van der Waals surface area contributed by atoms with Gasteiger partial charge in [-0.1, -0.05) is 13.0 Å². The van der Waals surface area contributed by atoms with Gasteiger partial charge >= 0.3 is 0 Å². The molecule has 1 rings (SSSR count). The number of nitrogen functional groups attached to an aromatic ring is 1. The number of sulfonamides is 1. The van der Waals surface area contributed by atoms with Gasteiger partial charge in [-0.05, 0) is 44.4 Å². The molecule has 0 bridgehead atoms. The van der Waals surface area contributed by atoms with Crippen LogP contribution in [0.4, 0.5) is 5.69 Å². The fourth-order valence-corrected chi connectivity index (χ4v) is 3.60. The quantitative estimate of drug-likeness (QED) is 0.687. The number of nitrogens with one attached hydrogen (secondary N) is 1. The summed E-state index contributed by atoms with van der Waals surface area (Å²) in [5.74, 6) is 0. The molecule has 0 radical (unpaired) electrons. The zero-order valence-electron chi connectivity index (χ0n) is 11.6. The van der Waals surface area contributed by atoms with Crippen LogP contribution in [0.1, 0.15) is 32.8 Å². The Morgan fingerprint density at radius 2 is 2.00 bits per heavy atom. The number of hydrogen-bond acceptors (Lipinski definition) is 4. The molecule has 0 saturated carbocycles. The number of benzene rings is 1. The van der Waals surface area contributed by atoms with E-state index in [0.29, 0.717) is 18.5 Å². The number of rotatable bonds is 6. The fourth-order valence-electron chi connectivity index (χ4n) is 2.00. The molecular weight excluding hydrogens is 264 g/mol. The Labute approximate surface area is 114 Å². The van der Waals surface area contributed by atoms with Gasteiger partial charge in [0.1, 0.15) is 0 Å². The van der Waals surface area contributed by atoms with Gasteiger partial charge < -0.3 is 10.8 Å². The second-order valence-electron chi connectivity index (χ2n) is 4.83. The Hall–Kier alpha value is -1.11. The summed E-state index contributed by atoms with van der Waals surface area (Å²) < 4.78 is 27.2. The Morgan fingerprint density at radius 1 is 1.37 bits per heavy atom. The van der Waals surface area contributed by atoms with Crippen LogP contribution in [0.2, 0.25) is 0 Å². The first-order chi connectivity index (χ1) is 8.76. The summed E-state index contributed by atoms with van der Waals surface area (Å²) >= 11 is 0. The standard InChI is InChI=1S/C13H22N2O3S/c1-4-11-5-6-12(14)8-13(11)19(17,18)15-9(2)7-10(3)16/h5-6,8-10,15-16H,4,7,14H2,1-3H3. The molecule has 0 amide bonds. The van der Waals surface area contributed by atoms with E-state index in [9.17, 15) is 13.5 Å². The summed E-state index contributed by atoms with van der Waals surface area (Å²) in [6.45, 7) is 5.24. The molecule has 0 fully saturated rings. The van der Waals surface area contributed by atoms with E-state index in [1.807, 2.05) is 6.92 Å². The van der Waals surface area contributed by atoms with Crippen LogP contribution < -0.4 is 10.5 Å². The normalized spacial score (nSPS) is 15.2. The van der Waals surface area contributed by atoms with Crippen LogP contribution in [0, 0.1) is 0 Å². The van der Waals surface area contributed by atoms with Gasteiger partial charge in [0.15, 0.2) is 0 Å². The maximum absolute atomic E-state index is 12.3. The molecule has 108 valence electrons. The highest BCUT2D eigenvalue weighted by molar-refractivity contribution is 7.89. The van der Waals surface area contributed by atoms with Crippen molar-refractivity contribution in [3.05, 3.63) is 23.8 Å². The monoisotopic (exact) mass is 286 g/mol. The van der Waals surface area contributed by atoms with Gasteiger partial charge in [-0.25, -0.2) is 13.1 Å². The predicted octanol–water partition coefficient (Wildman–Crippen LogP) is 1.27. The largest absolute Gasteiger partial charge is 0.399 e. The minimum atomic E-state index is -3.61. The van der Waals surface area contributed by atoms with Crippen molar-refractivity contribution in [2.75, 3.05) is 5.73 Å². The van der Waals surface area contributed by atoms with Crippen LogP contribution in [0.5, 0.6) is 0 Å². The lowest BCUT2D eigenvalue weighted by Gasteiger charge is -2.17. The lowest BCUT2D eigenvalue weighted by Crippen LogP contribution is -2.35. The first kappa shape index (κ1) is 15.9. The van der Waals surface area contributed by atoms with Gasteiger partial charge in [-0.3, -0.25) is 0 Å². The highest BCUT2D eigenvalue weighted by Gasteiger charge is 2.21. The minimum absolute atomic E-state index is 0.215. The van der Waals surface area contributed by atoms with E-state index in [1.54, 1.807) is 26.0 Å². The maximum Gasteiger partial charge on any atom is 0.241 e. The smallest absolute Gasteiger partial charge is 0.241 e. The molecule has 1 aromatic rings. The summed E-state index contributed by atoms with van der Waals surface area (Å²) in [4.78, 5) is 0.215. The van der Waals surface area contributed by atoms with Crippen molar-refractivity contribution in [3.8, 4) is 0 Å². The lowest BCUT2D eigenvalue weighted by molar-refractivity contribution is 0.175. The van der Waals surface area contributed by atoms with Gasteiger partial charge in [-0.15, -0.1) is 0 Å². The number of hydrogen-bond donors (Lipinski definition) is 3. The van der Waals surface area contributed by atoms with E-state index in [-0.39, 0.29) is 10.9 Å². The highest BCUT2D eigenvalue weighted by Crippen LogP contribution is 2.20. The fraction of sp³-hybridized carbons (Fsp3) is 0.538. The van der Waals surface area contributed by atoms with E-state index >= 15 is 0 Å². The van der Waals surface area contributed by atoms with E-state index in [2.05, 4.69) is 4.72 Å². The van der Waals surface area contributed by atoms with Crippen LogP contribution in [-0.2, 0) is 16.4 Å². The van der Waals surface area contributed by atoms with E-state index in [0.717, 1.165) is 5.56 Å². The third kappa shape index (κ3) is 4.49. The zero-order chi connectivity index (χ0) is 14.6. The minimum Gasteiger partial charge on any atom is -0.399 e. The van der Waals surface area contributed by atoms with Gasteiger partial charge in [0.2, 0.25) is 10.0 Å². The molecule has 0 aromatic heterocycles. The molecule has 0 spiro atoms. The Morgan fingerprint density at radius 3 is 2.53 bits per heavy atom. The zero-order valence-corrected chi connectivity index (χ0v) is 12.4. The second-order valence-corrected chi connectivity index (χ2v) is 6.51. The predicted molar refractivity (Wildman–Crippen MR) is 76.3 cm³/mol. The van der Waals surface area contributed by atoms with E-state index in [4.69, 9.17) is 5.73 Å². The van der Waals surface area contributed by atoms with Crippen molar-refractivity contribution in [1.29, 1.82) is 0 Å². The molecule has 0 aliphatic rings. The summed E-state index contributed by atoms with van der Waals surface area (Å²) in [5, 5.41) is 9.28. The lowest BCUT2D eigenvalue weighted by atomic mass is 10.1. The van der Waals surface area contributed by atoms with Crippen molar-refractivity contribution in [3.63, 3.8) is 0 Å². The second kappa shape index (κ2) is 6.36. The van der Waals surface area contributed by atoms with Crippen molar-refractivity contribution in [2.45, 2.75) is 50.7 Å². The molecular formula is C13H22N2O3S. The Kier molecular flexibility index (Phi) is 5.34. The Bertz CT molecular complexity index is 527. The van der Waals surface area contributed by atoms with Gasteiger partial charge in [0.25, 0.3) is 0 Å². The van der Waals surface area contributed by atoms with Gasteiger partial charge in [0.05, 0.1) is 11.0 Å². The molecule has 6 heteroatoms. The molecule has 0 heterocycles. The van der Waals surface area contributed by atoms with Crippen molar-refractivity contribution < 1.29 is 13.5 Å².